The zero-order chi connectivity index (χ0) is 40.2. The average molecular weight is 791 g/mol. The van der Waals surface area contributed by atoms with Crippen molar-refractivity contribution in [2.75, 3.05) is 6.54 Å². The fourth-order valence-corrected chi connectivity index (χ4v) is 9.03. The fourth-order valence-electron chi connectivity index (χ4n) is 7.72. The summed E-state index contributed by atoms with van der Waals surface area (Å²) in [6.45, 7) is 9.01. The Bertz CT molecular complexity index is 2250. The van der Waals surface area contributed by atoms with Gasteiger partial charge in [-0.25, -0.2) is 22.8 Å². The van der Waals surface area contributed by atoms with Crippen LogP contribution in [0.2, 0.25) is 0 Å². The molecule has 2 aromatic heterocycles. The zero-order valence-electron chi connectivity index (χ0n) is 31.9. The van der Waals surface area contributed by atoms with Crippen molar-refractivity contribution in [1.82, 2.24) is 40.0 Å². The molecule has 3 aromatic rings. The minimum atomic E-state index is -4.07. The Morgan fingerprint density at radius 2 is 1.89 bits per heavy atom. The number of aryl methyl sites for hydroxylation is 3. The Labute approximate surface area is 324 Å². The van der Waals surface area contributed by atoms with Gasteiger partial charge in [-0.1, -0.05) is 43.2 Å². The number of nitrogens with one attached hydrogen (secondary N) is 3. The van der Waals surface area contributed by atoms with Crippen LogP contribution in [0, 0.1) is 25.6 Å². The number of para-hydroxylation sites is 1. The number of halogens is 1. The van der Waals surface area contributed by atoms with Gasteiger partial charge in [-0.05, 0) is 71.1 Å². The van der Waals surface area contributed by atoms with Gasteiger partial charge in [0.2, 0.25) is 27.7 Å². The van der Waals surface area contributed by atoms with Crippen LogP contribution in [0.5, 0.6) is 5.88 Å². The largest absolute Gasteiger partial charge is 0.471 e. The minimum Gasteiger partial charge on any atom is -0.471 e. The molecule has 4 amide bonds. The summed E-state index contributed by atoms with van der Waals surface area (Å²) in [7, 11) is -2.37. The van der Waals surface area contributed by atoms with E-state index in [1.165, 1.54) is 17.0 Å². The van der Waals surface area contributed by atoms with Crippen molar-refractivity contribution in [2.45, 2.75) is 107 Å². The third-order valence-corrected chi connectivity index (χ3v) is 13.8. The van der Waals surface area contributed by atoms with E-state index in [-0.39, 0.29) is 42.9 Å². The number of amides is 4. The monoisotopic (exact) mass is 790 g/mol. The quantitative estimate of drug-likeness (QED) is 0.299. The van der Waals surface area contributed by atoms with E-state index in [0.29, 0.717) is 48.9 Å². The number of allylic oxidation sites excluding steroid dienone is 1. The molecule has 0 spiro atoms. The smallest absolute Gasteiger partial charge is 0.272 e. The van der Waals surface area contributed by atoms with Gasteiger partial charge in [0.25, 0.3) is 11.8 Å². The van der Waals surface area contributed by atoms with Crippen LogP contribution in [-0.4, -0.2) is 91.7 Å². The molecule has 0 bridgehead atoms. The number of nitrogens with zero attached hydrogens (tertiary/aromatic N) is 5. The molecule has 5 unspecified atom stereocenters. The Balaban J connectivity index is 1.23. The van der Waals surface area contributed by atoms with E-state index in [2.05, 4.69) is 37.0 Å². The summed E-state index contributed by atoms with van der Waals surface area (Å²) in [4.78, 5) is 67.0. The lowest BCUT2D eigenvalue weighted by molar-refractivity contribution is -0.143. The molecule has 7 rings (SSSR count). The van der Waals surface area contributed by atoms with Crippen molar-refractivity contribution >= 4 is 44.7 Å². The maximum absolute atomic E-state index is 14.8. The topological polar surface area (TPSA) is 195 Å². The molecule has 56 heavy (non-hydrogen) atoms. The number of fused-ring (bicyclic) bond motifs is 3. The minimum absolute atomic E-state index is 0.00503. The number of hydrogen-bond acceptors (Lipinski definition) is 10. The van der Waals surface area contributed by atoms with Crippen LogP contribution in [-0.2, 0) is 31.5 Å². The van der Waals surface area contributed by atoms with Gasteiger partial charge >= 0.3 is 0 Å². The van der Waals surface area contributed by atoms with Crippen molar-refractivity contribution in [2.24, 2.45) is 13.0 Å². The molecule has 2 saturated carbocycles. The summed E-state index contributed by atoms with van der Waals surface area (Å²) in [5, 5.41) is 10.00. The van der Waals surface area contributed by atoms with E-state index < -0.39 is 73.9 Å². The molecule has 15 nitrogen and oxygen atoms in total. The fraction of sp³-hybridized carbons (Fsp3) is 0.513. The van der Waals surface area contributed by atoms with Gasteiger partial charge in [-0.15, -0.1) is 0 Å². The summed E-state index contributed by atoms with van der Waals surface area (Å²) in [5.74, 6) is -3.98. The Kier molecular flexibility index (Phi) is 10.3. The van der Waals surface area contributed by atoms with Crippen LogP contribution in [0.3, 0.4) is 0 Å². The van der Waals surface area contributed by atoms with E-state index in [1.807, 2.05) is 6.08 Å². The first kappa shape index (κ1) is 39.1. The van der Waals surface area contributed by atoms with Crippen molar-refractivity contribution in [1.29, 1.82) is 0 Å². The van der Waals surface area contributed by atoms with Gasteiger partial charge in [0.05, 0.1) is 16.8 Å². The summed E-state index contributed by atoms with van der Waals surface area (Å²) in [6, 6.07) is 3.75. The molecule has 3 fully saturated rings. The molecule has 1 saturated heterocycles. The van der Waals surface area contributed by atoms with E-state index in [0.717, 1.165) is 12.1 Å². The molecular formula is C39H47FN8O7S. The van der Waals surface area contributed by atoms with E-state index in [1.54, 1.807) is 50.7 Å². The molecule has 17 heteroatoms. The number of ether oxygens (including phenoxy) is 1. The van der Waals surface area contributed by atoms with Crippen LogP contribution in [0.15, 0.2) is 48.6 Å². The Morgan fingerprint density at radius 1 is 1.12 bits per heavy atom. The molecule has 1 aromatic carbocycles. The first-order valence-electron chi connectivity index (χ1n) is 19.0. The van der Waals surface area contributed by atoms with Gasteiger partial charge < -0.3 is 20.3 Å². The molecule has 2 aliphatic heterocycles. The van der Waals surface area contributed by atoms with Gasteiger partial charge in [0.1, 0.15) is 40.6 Å². The van der Waals surface area contributed by atoms with Gasteiger partial charge in [0, 0.05) is 31.5 Å². The van der Waals surface area contributed by atoms with Crippen molar-refractivity contribution in [3.8, 4) is 5.88 Å². The van der Waals surface area contributed by atoms with Crippen LogP contribution in [0.1, 0.15) is 86.6 Å². The standard InChI is InChI=1S/C39H47FN8O7S/c1-22-20-39(37(52)46-56(53,54)38(4)16-17-38)26(22)12-9-7-6-8-10-14-29(42-33(49)30-18-23(2)47(5)45-30)36(51)48-21-25(19-31(48)34(50)44-39)55-35-24(3)41-28-15-11-13-27(40)32(28)43-35/h9,11-13,15,18,25-26,29,31H,1,6-8,10,14,16-17,19-21H2,2-5H3,(H,42,49)(H,44,50)(H,46,52). The van der Waals surface area contributed by atoms with Crippen LogP contribution >= 0.6 is 0 Å². The molecule has 298 valence electrons. The molecule has 5 atom stereocenters. The number of rotatable bonds is 7. The number of carbonyl (C=O) groups excluding carboxylic acids is 4. The average Bonchev–Trinajstić information content (AvgIpc) is 3.63. The summed E-state index contributed by atoms with van der Waals surface area (Å²) in [6.07, 6.45) is 6.48. The van der Waals surface area contributed by atoms with Crippen LogP contribution in [0.4, 0.5) is 4.39 Å². The Hall–Kier alpha value is -5.19. The Morgan fingerprint density at radius 3 is 2.59 bits per heavy atom. The highest BCUT2D eigenvalue weighted by atomic mass is 32.2. The lowest BCUT2D eigenvalue weighted by atomic mass is 9.62. The van der Waals surface area contributed by atoms with Crippen molar-refractivity contribution in [3.63, 3.8) is 0 Å². The third kappa shape index (κ3) is 7.28. The van der Waals surface area contributed by atoms with E-state index >= 15 is 0 Å². The molecular weight excluding hydrogens is 744 g/mol. The van der Waals surface area contributed by atoms with Gasteiger partial charge in [-0.3, -0.25) is 28.6 Å². The second kappa shape index (κ2) is 14.7. The molecule has 4 aliphatic rings. The highest BCUT2D eigenvalue weighted by Crippen LogP contribution is 2.46. The molecule has 2 aliphatic carbocycles. The van der Waals surface area contributed by atoms with Crippen molar-refractivity contribution < 1.29 is 36.7 Å². The lowest BCUT2D eigenvalue weighted by Crippen LogP contribution is -2.71. The highest BCUT2D eigenvalue weighted by molar-refractivity contribution is 7.91. The number of sulfonamides is 1. The number of carbonyl (C=O) groups is 4. The lowest BCUT2D eigenvalue weighted by Gasteiger charge is -2.49. The van der Waals surface area contributed by atoms with E-state index in [4.69, 9.17) is 4.74 Å². The van der Waals surface area contributed by atoms with Crippen LogP contribution in [0.25, 0.3) is 11.0 Å². The number of aromatic nitrogens is 4. The van der Waals surface area contributed by atoms with Crippen molar-refractivity contribution in [3.05, 3.63) is 71.5 Å². The zero-order valence-corrected chi connectivity index (χ0v) is 32.7. The predicted molar refractivity (Wildman–Crippen MR) is 203 cm³/mol. The predicted octanol–water partition coefficient (Wildman–Crippen LogP) is 3.22. The molecule has 3 N–H and O–H groups in total. The second-order valence-electron chi connectivity index (χ2n) is 15.7. The SMILES string of the molecule is C=C1CC2(C(=O)NS(=O)(=O)C3(C)CC3)NC(=O)C3CC(Oc4nc5c(F)cccc5nc4C)CN3C(=O)C(NC(=O)c3cc(C)n(C)n3)CCCCCC=CC12. The molecule has 0 radical (unpaired) electrons. The summed E-state index contributed by atoms with van der Waals surface area (Å²) in [5.41, 5.74) is 0.497. The van der Waals surface area contributed by atoms with E-state index in [9.17, 15) is 32.0 Å². The first-order valence-corrected chi connectivity index (χ1v) is 20.4. The maximum atomic E-state index is 14.8. The maximum Gasteiger partial charge on any atom is 0.272 e. The molecule has 4 heterocycles. The van der Waals surface area contributed by atoms with Gasteiger partial charge in [0.15, 0.2) is 5.82 Å². The third-order valence-electron chi connectivity index (χ3n) is 11.6. The van der Waals surface area contributed by atoms with Crippen LogP contribution < -0.4 is 20.1 Å². The number of benzene rings is 1. The normalized spacial score (nSPS) is 26.6. The highest BCUT2D eigenvalue weighted by Gasteiger charge is 2.59. The second-order valence-corrected chi connectivity index (χ2v) is 17.9. The number of hydrogen-bond donors (Lipinski definition) is 3. The summed E-state index contributed by atoms with van der Waals surface area (Å²) >= 11 is 0. The van der Waals surface area contributed by atoms with Gasteiger partial charge in [-0.2, -0.15) is 5.10 Å². The first-order chi connectivity index (χ1) is 26.5. The summed E-state index contributed by atoms with van der Waals surface area (Å²) < 4.78 is 50.3.